The number of aromatic nitrogens is 2. The van der Waals surface area contributed by atoms with E-state index in [9.17, 15) is 4.79 Å². The first-order valence-corrected chi connectivity index (χ1v) is 10.5. The third-order valence-electron chi connectivity index (χ3n) is 6.38. The van der Waals surface area contributed by atoms with E-state index >= 15 is 0 Å². The van der Waals surface area contributed by atoms with Crippen molar-refractivity contribution >= 4 is 22.8 Å². The van der Waals surface area contributed by atoms with Crippen LogP contribution in [0.1, 0.15) is 55.7 Å². The van der Waals surface area contributed by atoms with Gasteiger partial charge in [0.1, 0.15) is 17.4 Å². The zero-order valence-corrected chi connectivity index (χ0v) is 17.0. The summed E-state index contributed by atoms with van der Waals surface area (Å²) in [6.07, 6.45) is 7.07. The number of amides is 1. The van der Waals surface area contributed by atoms with Gasteiger partial charge in [-0.1, -0.05) is 19.3 Å². The van der Waals surface area contributed by atoms with Crippen LogP contribution in [0.3, 0.4) is 0 Å². The first kappa shape index (κ1) is 19.2. The molecule has 0 spiro atoms. The molecule has 1 aliphatic heterocycles. The van der Waals surface area contributed by atoms with Crippen molar-refractivity contribution in [1.29, 1.82) is 0 Å². The van der Waals surface area contributed by atoms with Gasteiger partial charge >= 0.3 is 0 Å². The fourth-order valence-corrected chi connectivity index (χ4v) is 4.52. The summed E-state index contributed by atoms with van der Waals surface area (Å²) < 4.78 is 5.73. The molecule has 1 saturated carbocycles. The van der Waals surface area contributed by atoms with E-state index in [1.165, 1.54) is 32.1 Å². The summed E-state index contributed by atoms with van der Waals surface area (Å²) >= 11 is 0. The van der Waals surface area contributed by atoms with Crippen LogP contribution in [0.5, 0.6) is 0 Å². The Hall–Kier alpha value is -2.15. The summed E-state index contributed by atoms with van der Waals surface area (Å²) in [5.41, 5.74) is 7.72. The number of carbonyl (C=O) groups is 1. The number of fused-ring (bicyclic) bond motifs is 1. The lowest BCUT2D eigenvalue weighted by Crippen LogP contribution is -2.48. The second-order valence-corrected chi connectivity index (χ2v) is 8.35. The highest BCUT2D eigenvalue weighted by Crippen LogP contribution is 2.28. The van der Waals surface area contributed by atoms with Crippen molar-refractivity contribution in [2.45, 2.75) is 58.9 Å². The maximum absolute atomic E-state index is 12.6. The molecule has 1 saturated heterocycles. The number of anilines is 1. The predicted octanol–water partition coefficient (Wildman–Crippen LogP) is 3.04. The van der Waals surface area contributed by atoms with Crippen LogP contribution in [0.4, 0.5) is 5.82 Å². The number of aryl methyl sites for hydroxylation is 2. The molecule has 4 rings (SSSR count). The molecule has 0 atom stereocenters. The van der Waals surface area contributed by atoms with Gasteiger partial charge in [-0.25, -0.2) is 4.98 Å². The van der Waals surface area contributed by atoms with E-state index in [1.54, 1.807) is 0 Å². The highest BCUT2D eigenvalue weighted by Gasteiger charge is 2.25. The normalized spacial score (nSPS) is 19.4. The molecule has 152 valence electrons. The Bertz CT molecular complexity index is 848. The zero-order valence-electron chi connectivity index (χ0n) is 17.0. The molecule has 2 aromatic heterocycles. The van der Waals surface area contributed by atoms with Gasteiger partial charge in [-0.05, 0) is 32.6 Å². The summed E-state index contributed by atoms with van der Waals surface area (Å²) in [5.74, 6) is 2.92. The van der Waals surface area contributed by atoms with Crippen molar-refractivity contribution in [3.63, 3.8) is 0 Å². The number of nitrogens with two attached hydrogens (primary N) is 1. The van der Waals surface area contributed by atoms with Crippen molar-refractivity contribution in [3.8, 4) is 0 Å². The van der Waals surface area contributed by atoms with E-state index in [1.807, 2.05) is 18.7 Å². The minimum absolute atomic E-state index is 0.329. The van der Waals surface area contributed by atoms with Gasteiger partial charge in [-0.2, -0.15) is 4.98 Å². The molecule has 1 amide bonds. The summed E-state index contributed by atoms with van der Waals surface area (Å²) in [7, 11) is 0. The first-order valence-electron chi connectivity index (χ1n) is 10.5. The molecule has 7 heteroatoms. The van der Waals surface area contributed by atoms with E-state index in [2.05, 4.69) is 14.9 Å². The first-order chi connectivity index (χ1) is 13.5. The molecule has 2 aliphatic rings. The molecule has 0 aromatic carbocycles. The van der Waals surface area contributed by atoms with Crippen molar-refractivity contribution in [2.24, 2.45) is 5.92 Å². The fraction of sp³-hybridized carbons (Fsp3) is 0.667. The predicted molar refractivity (Wildman–Crippen MR) is 109 cm³/mol. The van der Waals surface area contributed by atoms with E-state index in [0.717, 1.165) is 49.3 Å². The third-order valence-corrected chi connectivity index (χ3v) is 6.38. The molecule has 0 radical (unpaired) electrons. The van der Waals surface area contributed by atoms with E-state index < -0.39 is 0 Å². The Morgan fingerprint density at radius 1 is 1.11 bits per heavy atom. The summed E-state index contributed by atoms with van der Waals surface area (Å²) in [5, 5.41) is 0.819. The number of rotatable bonds is 4. The quantitative estimate of drug-likeness (QED) is 0.870. The monoisotopic (exact) mass is 385 g/mol. The van der Waals surface area contributed by atoms with E-state index in [-0.39, 0.29) is 0 Å². The Kier molecular flexibility index (Phi) is 5.53. The molecule has 0 bridgehead atoms. The molecule has 1 aliphatic carbocycles. The van der Waals surface area contributed by atoms with E-state index in [0.29, 0.717) is 35.7 Å². The van der Waals surface area contributed by atoms with Crippen molar-refractivity contribution in [3.05, 3.63) is 17.1 Å². The number of nitrogens with zero attached hydrogens (tertiary/aromatic N) is 4. The number of hydrogen-bond acceptors (Lipinski definition) is 6. The standard InChI is InChI=1S/C21H31N5O2/c1-14-15(2)28-21-19(14)20(22)23-17(24-21)13-25-8-10-26(11-9-25)18(27)12-16-6-4-3-5-7-16/h16H,3-13H2,1-2H3,(H2,22,23,24). The Morgan fingerprint density at radius 2 is 1.82 bits per heavy atom. The van der Waals surface area contributed by atoms with Crippen LogP contribution in [0.2, 0.25) is 0 Å². The van der Waals surface area contributed by atoms with Gasteiger partial charge in [0, 0.05) is 38.2 Å². The van der Waals surface area contributed by atoms with Gasteiger partial charge in [-0.15, -0.1) is 0 Å². The Labute approximate surface area is 166 Å². The SMILES string of the molecule is Cc1oc2nc(CN3CCN(C(=O)CC4CCCCC4)CC3)nc(N)c2c1C. The maximum atomic E-state index is 12.6. The van der Waals surface area contributed by atoms with Gasteiger partial charge in [-0.3, -0.25) is 9.69 Å². The molecule has 7 nitrogen and oxygen atoms in total. The Morgan fingerprint density at radius 3 is 2.54 bits per heavy atom. The highest BCUT2D eigenvalue weighted by atomic mass is 16.3. The van der Waals surface area contributed by atoms with Crippen LogP contribution < -0.4 is 5.73 Å². The zero-order chi connectivity index (χ0) is 19.7. The lowest BCUT2D eigenvalue weighted by Gasteiger charge is -2.35. The van der Waals surface area contributed by atoms with Crippen LogP contribution >= 0.6 is 0 Å². The molecule has 28 heavy (non-hydrogen) atoms. The maximum Gasteiger partial charge on any atom is 0.231 e. The smallest absolute Gasteiger partial charge is 0.231 e. The number of hydrogen-bond donors (Lipinski definition) is 1. The average molecular weight is 386 g/mol. The second-order valence-electron chi connectivity index (χ2n) is 8.35. The minimum atomic E-state index is 0.329. The minimum Gasteiger partial charge on any atom is -0.443 e. The fourth-order valence-electron chi connectivity index (χ4n) is 4.52. The van der Waals surface area contributed by atoms with Gasteiger partial charge in [0.05, 0.1) is 11.9 Å². The second kappa shape index (κ2) is 8.07. The van der Waals surface area contributed by atoms with E-state index in [4.69, 9.17) is 10.2 Å². The summed E-state index contributed by atoms with van der Waals surface area (Å²) in [4.78, 5) is 26.0. The number of piperazine rings is 1. The van der Waals surface area contributed by atoms with Crippen molar-refractivity contribution < 1.29 is 9.21 Å². The van der Waals surface area contributed by atoms with Crippen LogP contribution in [0.25, 0.3) is 11.1 Å². The van der Waals surface area contributed by atoms with Gasteiger partial charge in [0.15, 0.2) is 0 Å². The number of carbonyl (C=O) groups excluding carboxylic acids is 1. The molecule has 2 aromatic rings. The molecule has 3 heterocycles. The molecule has 2 N–H and O–H groups in total. The molecule has 2 fully saturated rings. The number of nitrogen functional groups attached to an aromatic ring is 1. The van der Waals surface area contributed by atoms with Crippen molar-refractivity contribution in [2.75, 3.05) is 31.9 Å². The topological polar surface area (TPSA) is 88.5 Å². The highest BCUT2D eigenvalue weighted by molar-refractivity contribution is 5.88. The van der Waals surface area contributed by atoms with Crippen LogP contribution in [-0.2, 0) is 11.3 Å². The largest absolute Gasteiger partial charge is 0.443 e. The summed E-state index contributed by atoms with van der Waals surface area (Å²) in [6, 6.07) is 0. The number of furan rings is 1. The lowest BCUT2D eigenvalue weighted by atomic mass is 9.86. The average Bonchev–Trinajstić information content (AvgIpc) is 2.97. The van der Waals surface area contributed by atoms with Gasteiger partial charge in [0.25, 0.3) is 0 Å². The third kappa shape index (κ3) is 3.99. The van der Waals surface area contributed by atoms with Gasteiger partial charge < -0.3 is 15.1 Å². The van der Waals surface area contributed by atoms with Crippen molar-refractivity contribution in [1.82, 2.24) is 19.8 Å². The molecular weight excluding hydrogens is 354 g/mol. The molecule has 0 unspecified atom stereocenters. The lowest BCUT2D eigenvalue weighted by molar-refractivity contribution is -0.134. The van der Waals surface area contributed by atoms with Crippen LogP contribution in [0.15, 0.2) is 4.42 Å². The van der Waals surface area contributed by atoms with Crippen LogP contribution in [-0.4, -0.2) is 51.9 Å². The Balaban J connectivity index is 1.33. The van der Waals surface area contributed by atoms with Crippen LogP contribution in [0, 0.1) is 19.8 Å². The summed E-state index contributed by atoms with van der Waals surface area (Å²) in [6.45, 7) is 7.76. The molecular formula is C21H31N5O2. The van der Waals surface area contributed by atoms with Gasteiger partial charge in [0.2, 0.25) is 11.6 Å².